The standard InChI is InChI=1S/C19H27FN4OS.HI/c1-21-18(24-13-19(26-2)6-9-25-10-7-19)22-8-5-14-12-23-17-4-3-15(20)11-16(14)17;/h3-4,11-12,23H,5-10,13H2,1-2H3,(H2,21,22,24);1H. The minimum absolute atomic E-state index is 0. The number of fused-ring (bicyclic) bond motifs is 1. The summed E-state index contributed by atoms with van der Waals surface area (Å²) in [5, 5.41) is 7.75. The van der Waals surface area contributed by atoms with E-state index >= 15 is 0 Å². The molecule has 3 rings (SSSR count). The second-order valence-electron chi connectivity index (χ2n) is 6.61. The average molecular weight is 506 g/mol. The minimum atomic E-state index is -0.206. The number of hydrogen-bond donors (Lipinski definition) is 3. The maximum Gasteiger partial charge on any atom is 0.191 e. The first-order valence-corrected chi connectivity index (χ1v) is 10.2. The fraction of sp³-hybridized carbons (Fsp3) is 0.526. The van der Waals surface area contributed by atoms with E-state index in [9.17, 15) is 4.39 Å². The van der Waals surface area contributed by atoms with E-state index in [2.05, 4.69) is 26.9 Å². The van der Waals surface area contributed by atoms with Crippen molar-refractivity contribution in [3.8, 4) is 0 Å². The highest BCUT2D eigenvalue weighted by Gasteiger charge is 2.31. The van der Waals surface area contributed by atoms with E-state index in [0.29, 0.717) is 0 Å². The highest BCUT2D eigenvalue weighted by molar-refractivity contribution is 14.0. The quantitative estimate of drug-likeness (QED) is 0.319. The molecule has 0 spiro atoms. The fourth-order valence-electron chi connectivity index (χ4n) is 3.33. The summed E-state index contributed by atoms with van der Waals surface area (Å²) in [6, 6.07) is 4.84. The molecule has 1 aliphatic rings. The second-order valence-corrected chi connectivity index (χ2v) is 7.88. The third kappa shape index (κ3) is 5.74. The van der Waals surface area contributed by atoms with E-state index in [4.69, 9.17) is 4.74 Å². The van der Waals surface area contributed by atoms with Crippen LogP contribution in [-0.4, -0.2) is 55.3 Å². The Morgan fingerprint density at radius 1 is 1.33 bits per heavy atom. The van der Waals surface area contributed by atoms with Crippen molar-refractivity contribution < 1.29 is 9.13 Å². The Balaban J connectivity index is 0.00000261. The molecule has 1 aromatic carbocycles. The van der Waals surface area contributed by atoms with Crippen molar-refractivity contribution in [3.63, 3.8) is 0 Å². The van der Waals surface area contributed by atoms with E-state index in [1.54, 1.807) is 19.2 Å². The van der Waals surface area contributed by atoms with Gasteiger partial charge in [0.05, 0.1) is 0 Å². The third-order valence-corrected chi connectivity index (χ3v) is 6.47. The molecule has 0 radical (unpaired) electrons. The van der Waals surface area contributed by atoms with Crippen LogP contribution in [0.25, 0.3) is 10.9 Å². The number of hydrogen-bond acceptors (Lipinski definition) is 3. The van der Waals surface area contributed by atoms with Crippen molar-refractivity contribution in [1.82, 2.24) is 15.6 Å². The molecule has 1 saturated heterocycles. The largest absolute Gasteiger partial charge is 0.381 e. The summed E-state index contributed by atoms with van der Waals surface area (Å²) in [5.41, 5.74) is 2.07. The lowest BCUT2D eigenvalue weighted by atomic mass is 9.99. The Morgan fingerprint density at radius 2 is 2.11 bits per heavy atom. The number of guanidine groups is 1. The highest BCUT2D eigenvalue weighted by atomic mass is 127. The van der Waals surface area contributed by atoms with E-state index in [0.717, 1.165) is 68.0 Å². The van der Waals surface area contributed by atoms with E-state index in [1.807, 2.05) is 18.0 Å². The highest BCUT2D eigenvalue weighted by Crippen LogP contribution is 2.32. The summed E-state index contributed by atoms with van der Waals surface area (Å²) < 4.78 is 19.2. The molecule has 0 amide bonds. The first kappa shape index (κ1) is 22.3. The molecule has 2 heterocycles. The predicted octanol–water partition coefficient (Wildman–Crippen LogP) is 3.54. The van der Waals surface area contributed by atoms with Crippen molar-refractivity contribution in [2.45, 2.75) is 24.0 Å². The molecule has 0 bridgehead atoms. The number of ether oxygens (including phenoxy) is 1. The lowest BCUT2D eigenvalue weighted by molar-refractivity contribution is 0.0783. The van der Waals surface area contributed by atoms with Gasteiger partial charge in [0.1, 0.15) is 5.82 Å². The van der Waals surface area contributed by atoms with Crippen molar-refractivity contribution in [2.24, 2.45) is 4.99 Å². The number of aliphatic imine (C=N–C) groups is 1. The number of aromatic amines is 1. The van der Waals surface area contributed by atoms with Gasteiger partial charge in [-0.1, -0.05) is 0 Å². The van der Waals surface area contributed by atoms with E-state index in [-0.39, 0.29) is 34.5 Å². The number of nitrogens with zero attached hydrogens (tertiary/aromatic N) is 1. The lowest BCUT2D eigenvalue weighted by Crippen LogP contribution is -2.48. The van der Waals surface area contributed by atoms with Gasteiger partial charge < -0.3 is 20.4 Å². The zero-order chi connectivity index (χ0) is 18.4. The zero-order valence-corrected chi connectivity index (χ0v) is 19.0. The smallest absolute Gasteiger partial charge is 0.191 e. The van der Waals surface area contributed by atoms with Gasteiger partial charge in [0.25, 0.3) is 0 Å². The average Bonchev–Trinajstić information content (AvgIpc) is 3.07. The van der Waals surface area contributed by atoms with Crippen molar-refractivity contribution in [3.05, 3.63) is 35.8 Å². The molecular weight excluding hydrogens is 478 g/mol. The van der Waals surface area contributed by atoms with Crippen molar-refractivity contribution >= 4 is 52.6 Å². The van der Waals surface area contributed by atoms with Crippen molar-refractivity contribution in [2.75, 3.05) is 39.6 Å². The Morgan fingerprint density at radius 3 is 2.81 bits per heavy atom. The van der Waals surface area contributed by atoms with Gasteiger partial charge in [-0.25, -0.2) is 4.39 Å². The number of rotatable bonds is 6. The van der Waals surface area contributed by atoms with Crippen LogP contribution >= 0.6 is 35.7 Å². The molecule has 150 valence electrons. The van der Waals surface area contributed by atoms with Gasteiger partial charge in [0, 0.05) is 55.2 Å². The van der Waals surface area contributed by atoms with Gasteiger partial charge in [-0.05, 0) is 49.3 Å². The molecule has 3 N–H and O–H groups in total. The Kier molecular flexibility index (Phi) is 8.68. The van der Waals surface area contributed by atoms with Crippen LogP contribution in [0.2, 0.25) is 0 Å². The molecule has 1 aliphatic heterocycles. The summed E-state index contributed by atoms with van der Waals surface area (Å²) in [4.78, 5) is 7.51. The summed E-state index contributed by atoms with van der Waals surface area (Å²) in [5.74, 6) is 0.596. The van der Waals surface area contributed by atoms with Gasteiger partial charge in [-0.3, -0.25) is 4.99 Å². The van der Waals surface area contributed by atoms with Crippen LogP contribution in [0.15, 0.2) is 29.4 Å². The molecule has 0 unspecified atom stereocenters. The van der Waals surface area contributed by atoms with Crippen LogP contribution in [0.1, 0.15) is 18.4 Å². The summed E-state index contributed by atoms with van der Waals surface area (Å²) in [7, 11) is 1.78. The summed E-state index contributed by atoms with van der Waals surface area (Å²) >= 11 is 1.91. The van der Waals surface area contributed by atoms with Crippen LogP contribution in [-0.2, 0) is 11.2 Å². The van der Waals surface area contributed by atoms with Crippen LogP contribution < -0.4 is 10.6 Å². The summed E-state index contributed by atoms with van der Waals surface area (Å²) in [6.45, 7) is 3.26. The first-order valence-electron chi connectivity index (χ1n) is 8.99. The normalized spacial score (nSPS) is 16.8. The van der Waals surface area contributed by atoms with Crippen LogP contribution in [0.4, 0.5) is 4.39 Å². The third-order valence-electron chi connectivity index (χ3n) is 5.05. The lowest BCUT2D eigenvalue weighted by Gasteiger charge is -2.36. The zero-order valence-electron chi connectivity index (χ0n) is 15.8. The fourth-order valence-corrected chi connectivity index (χ4v) is 4.13. The molecule has 1 fully saturated rings. The Hall–Kier alpha value is -1.00. The van der Waals surface area contributed by atoms with Gasteiger partial charge in [0.15, 0.2) is 5.96 Å². The monoisotopic (exact) mass is 506 g/mol. The molecule has 2 aromatic rings. The molecular formula is C19H28FIN4OS. The molecule has 8 heteroatoms. The topological polar surface area (TPSA) is 61.4 Å². The molecule has 0 saturated carbocycles. The maximum absolute atomic E-state index is 13.5. The van der Waals surface area contributed by atoms with Gasteiger partial charge >= 0.3 is 0 Å². The second kappa shape index (κ2) is 10.5. The van der Waals surface area contributed by atoms with E-state index < -0.39 is 0 Å². The molecule has 5 nitrogen and oxygen atoms in total. The van der Waals surface area contributed by atoms with Crippen LogP contribution in [0.3, 0.4) is 0 Å². The number of halogens is 2. The predicted molar refractivity (Wildman–Crippen MR) is 123 cm³/mol. The Bertz CT molecular complexity index is 761. The van der Waals surface area contributed by atoms with Crippen LogP contribution in [0, 0.1) is 5.82 Å². The number of nitrogens with one attached hydrogen (secondary N) is 3. The molecule has 27 heavy (non-hydrogen) atoms. The number of thioether (sulfide) groups is 1. The molecule has 1 aromatic heterocycles. The minimum Gasteiger partial charge on any atom is -0.381 e. The van der Waals surface area contributed by atoms with E-state index in [1.165, 1.54) is 6.07 Å². The number of benzene rings is 1. The summed E-state index contributed by atoms with van der Waals surface area (Å²) in [6.07, 6.45) is 7.02. The number of aromatic nitrogens is 1. The molecule has 0 atom stereocenters. The van der Waals surface area contributed by atoms with Gasteiger partial charge in [-0.2, -0.15) is 11.8 Å². The van der Waals surface area contributed by atoms with Gasteiger partial charge in [-0.15, -0.1) is 24.0 Å². The van der Waals surface area contributed by atoms with Crippen LogP contribution in [0.5, 0.6) is 0 Å². The first-order chi connectivity index (χ1) is 12.7. The number of H-pyrrole nitrogens is 1. The van der Waals surface area contributed by atoms with Gasteiger partial charge in [0.2, 0.25) is 0 Å². The van der Waals surface area contributed by atoms with Crippen molar-refractivity contribution in [1.29, 1.82) is 0 Å². The SMILES string of the molecule is CN=C(NCCc1c[nH]c2ccc(F)cc12)NCC1(SC)CCOCC1.I. The maximum atomic E-state index is 13.5. The Labute approximate surface area is 181 Å². The molecule has 0 aliphatic carbocycles.